The normalized spacial score (nSPS) is 21.6. The average molecular weight is 337 g/mol. The molecule has 0 aromatic heterocycles. The lowest BCUT2D eigenvalue weighted by molar-refractivity contribution is -0.522. The van der Waals surface area contributed by atoms with Gasteiger partial charge in [0.15, 0.2) is 0 Å². The molecule has 0 unspecified atom stereocenters. The van der Waals surface area contributed by atoms with Crippen LogP contribution >= 0.6 is 0 Å². The number of nitrogens with one attached hydrogen (secondary N) is 1. The number of hydrogen-bond acceptors (Lipinski definition) is 3. The molecule has 2 aliphatic rings. The van der Waals surface area contributed by atoms with Crippen LogP contribution in [-0.4, -0.2) is 34.6 Å². The highest BCUT2D eigenvalue weighted by atomic mass is 16.6. The van der Waals surface area contributed by atoms with Crippen molar-refractivity contribution in [1.29, 1.82) is 0 Å². The maximum absolute atomic E-state index is 12.4. The predicted molar refractivity (Wildman–Crippen MR) is 96.7 cm³/mol. The molecular weight excluding hydrogens is 302 g/mol. The summed E-state index contributed by atoms with van der Waals surface area (Å²) in [5.74, 6) is 0.0459. The van der Waals surface area contributed by atoms with Crippen molar-refractivity contribution in [1.82, 2.24) is 4.90 Å². The molecule has 2 rings (SSSR count). The van der Waals surface area contributed by atoms with Crippen molar-refractivity contribution in [2.24, 2.45) is 5.16 Å². The molecule has 0 spiro atoms. The van der Waals surface area contributed by atoms with Crippen LogP contribution < -0.4 is 4.99 Å². The highest BCUT2D eigenvalue weighted by Gasteiger charge is 2.37. The zero-order valence-electron chi connectivity index (χ0n) is 15.6. The molecule has 2 aliphatic carbocycles. The molecule has 5 heteroatoms. The van der Waals surface area contributed by atoms with Gasteiger partial charge in [-0.1, -0.05) is 24.9 Å². The van der Waals surface area contributed by atoms with E-state index in [1.807, 2.05) is 11.8 Å². The minimum Gasteiger partial charge on any atom is -0.279 e. The van der Waals surface area contributed by atoms with Gasteiger partial charge in [-0.25, -0.2) is 9.79 Å². The summed E-state index contributed by atoms with van der Waals surface area (Å²) < 4.78 is 0. The Hall–Kier alpha value is -1.39. The molecule has 24 heavy (non-hydrogen) atoms. The van der Waals surface area contributed by atoms with Gasteiger partial charge in [-0.15, -0.1) is 0 Å². The number of amides is 1. The smallest absolute Gasteiger partial charge is 0.279 e. The largest absolute Gasteiger partial charge is 0.478 e. The Bertz CT molecular complexity index is 461. The maximum atomic E-state index is 12.4. The van der Waals surface area contributed by atoms with E-state index in [0.29, 0.717) is 12.1 Å². The quantitative estimate of drug-likeness (QED) is 0.487. The summed E-state index contributed by atoms with van der Waals surface area (Å²) >= 11 is 0. The van der Waals surface area contributed by atoms with E-state index in [1.54, 1.807) is 6.92 Å². The van der Waals surface area contributed by atoms with Crippen LogP contribution in [0.2, 0.25) is 0 Å². The number of rotatable bonds is 4. The molecule has 0 aromatic rings. The first-order valence-electron chi connectivity index (χ1n) is 9.75. The van der Waals surface area contributed by atoms with Gasteiger partial charge in [0.25, 0.3) is 0 Å². The molecule has 1 N–H and O–H groups in total. The van der Waals surface area contributed by atoms with Gasteiger partial charge in [0.1, 0.15) is 6.04 Å². The molecule has 136 valence electrons. The van der Waals surface area contributed by atoms with E-state index in [9.17, 15) is 4.79 Å². The molecule has 0 aliphatic heterocycles. The van der Waals surface area contributed by atoms with E-state index < -0.39 is 0 Å². The zero-order chi connectivity index (χ0) is 17.4. The fourth-order valence-corrected chi connectivity index (χ4v) is 3.65. The fraction of sp³-hybridized carbons (Fsp3) is 0.842. The Kier molecular flexibility index (Phi) is 7.73. The van der Waals surface area contributed by atoms with Gasteiger partial charge in [0.05, 0.1) is 11.8 Å². The summed E-state index contributed by atoms with van der Waals surface area (Å²) in [6.45, 7) is 5.65. The first-order chi connectivity index (χ1) is 11.6. The minimum atomic E-state index is 0.0459. The first kappa shape index (κ1) is 18.9. The maximum Gasteiger partial charge on any atom is 0.478 e. The molecule has 5 nitrogen and oxygen atoms in total. The van der Waals surface area contributed by atoms with Crippen molar-refractivity contribution < 1.29 is 14.6 Å². The van der Waals surface area contributed by atoms with Crippen molar-refractivity contribution >= 4 is 17.6 Å². The molecule has 0 saturated heterocycles. The zero-order valence-corrected chi connectivity index (χ0v) is 15.6. The molecular formula is C19H34N3O2+. The summed E-state index contributed by atoms with van der Waals surface area (Å²) in [6, 6.07) is 1.17. The Balaban J connectivity index is 2.22. The van der Waals surface area contributed by atoms with Gasteiger partial charge >= 0.3 is 11.9 Å². The van der Waals surface area contributed by atoms with E-state index in [4.69, 9.17) is 4.84 Å². The SMILES string of the molecule is CCC(C)=NOC(=[NH+]C1CCCCC1)N(C(C)=O)C1CCCCC1. The summed E-state index contributed by atoms with van der Waals surface area (Å²) in [4.78, 5) is 23.5. The van der Waals surface area contributed by atoms with Crippen molar-refractivity contribution in [3.63, 3.8) is 0 Å². The van der Waals surface area contributed by atoms with Crippen molar-refractivity contribution in [2.45, 2.75) is 103 Å². The molecule has 2 fully saturated rings. The van der Waals surface area contributed by atoms with E-state index in [-0.39, 0.29) is 11.9 Å². The van der Waals surface area contributed by atoms with Gasteiger partial charge in [-0.3, -0.25) is 4.84 Å². The van der Waals surface area contributed by atoms with E-state index in [1.165, 1.54) is 38.5 Å². The van der Waals surface area contributed by atoms with Crippen molar-refractivity contribution in [3.8, 4) is 0 Å². The average Bonchev–Trinajstić information content (AvgIpc) is 2.61. The molecule has 0 heterocycles. The second kappa shape index (κ2) is 9.80. The van der Waals surface area contributed by atoms with E-state index >= 15 is 0 Å². The Labute approximate surface area is 146 Å². The predicted octanol–water partition coefficient (Wildman–Crippen LogP) is 2.74. The topological polar surface area (TPSA) is 55.9 Å². The minimum absolute atomic E-state index is 0.0459. The Morgan fingerprint density at radius 3 is 2.17 bits per heavy atom. The van der Waals surface area contributed by atoms with Gasteiger partial charge in [-0.2, -0.15) is 4.90 Å². The van der Waals surface area contributed by atoms with Crippen LogP contribution in [0.15, 0.2) is 5.16 Å². The number of hydrogen-bond donors (Lipinski definition) is 1. The van der Waals surface area contributed by atoms with Crippen molar-refractivity contribution in [3.05, 3.63) is 0 Å². The number of carbonyl (C=O) groups is 1. The van der Waals surface area contributed by atoms with Crippen LogP contribution in [0.4, 0.5) is 0 Å². The molecule has 2 saturated carbocycles. The monoisotopic (exact) mass is 336 g/mol. The van der Waals surface area contributed by atoms with Crippen LogP contribution in [0.5, 0.6) is 0 Å². The summed E-state index contributed by atoms with van der Waals surface area (Å²) in [5.41, 5.74) is 0.935. The van der Waals surface area contributed by atoms with Crippen LogP contribution in [0.1, 0.15) is 91.4 Å². The highest BCUT2D eigenvalue weighted by Crippen LogP contribution is 2.23. The second-order valence-electron chi connectivity index (χ2n) is 7.24. The van der Waals surface area contributed by atoms with Crippen LogP contribution in [0, 0.1) is 0 Å². The third-order valence-corrected chi connectivity index (χ3v) is 5.23. The first-order valence-corrected chi connectivity index (χ1v) is 9.75. The van der Waals surface area contributed by atoms with Gasteiger partial charge in [-0.05, 0) is 64.7 Å². The Morgan fingerprint density at radius 2 is 1.62 bits per heavy atom. The molecule has 1 amide bonds. The third-order valence-electron chi connectivity index (χ3n) is 5.23. The van der Waals surface area contributed by atoms with Crippen LogP contribution in [0.25, 0.3) is 0 Å². The molecule has 0 radical (unpaired) electrons. The van der Waals surface area contributed by atoms with Gasteiger partial charge < -0.3 is 0 Å². The lowest BCUT2D eigenvalue weighted by Gasteiger charge is -2.27. The lowest BCUT2D eigenvalue weighted by atomic mass is 9.94. The van der Waals surface area contributed by atoms with Gasteiger partial charge in [0.2, 0.25) is 0 Å². The van der Waals surface area contributed by atoms with E-state index in [0.717, 1.165) is 37.8 Å². The number of carbonyl (C=O) groups excluding carboxylic acids is 1. The molecule has 0 bridgehead atoms. The third kappa shape index (κ3) is 5.60. The van der Waals surface area contributed by atoms with Crippen LogP contribution in [0.3, 0.4) is 0 Å². The molecule has 0 aromatic carbocycles. The Morgan fingerprint density at radius 1 is 1.04 bits per heavy atom. The highest BCUT2D eigenvalue weighted by molar-refractivity contribution is 5.91. The number of amidine groups is 1. The number of oxime groups is 1. The van der Waals surface area contributed by atoms with Crippen LogP contribution in [-0.2, 0) is 9.63 Å². The number of nitrogens with zero attached hydrogens (tertiary/aromatic N) is 2. The van der Waals surface area contributed by atoms with Gasteiger partial charge in [0, 0.05) is 6.92 Å². The van der Waals surface area contributed by atoms with E-state index in [2.05, 4.69) is 17.1 Å². The summed E-state index contributed by atoms with van der Waals surface area (Å²) in [5, 5.41) is 4.23. The molecule has 0 atom stereocenters. The summed E-state index contributed by atoms with van der Waals surface area (Å²) in [7, 11) is 0. The van der Waals surface area contributed by atoms with Crippen molar-refractivity contribution in [2.75, 3.05) is 0 Å². The second-order valence-corrected chi connectivity index (χ2v) is 7.24. The standard InChI is InChI=1S/C19H33N3O2/c1-4-15(2)21-24-19(20-17-11-7-5-8-12-17)22(16(3)23)18-13-9-6-10-14-18/h17-18H,4-14H2,1-3H3/p+1. The lowest BCUT2D eigenvalue weighted by Crippen LogP contribution is -2.83. The summed E-state index contributed by atoms with van der Waals surface area (Å²) in [6.07, 6.45) is 12.6. The fourth-order valence-electron chi connectivity index (χ4n) is 3.65.